The average Bonchev–Trinajstić information content (AvgIpc) is 2.78. The fourth-order valence-corrected chi connectivity index (χ4v) is 2.20. The van der Waals surface area contributed by atoms with Gasteiger partial charge in [-0.2, -0.15) is 0 Å². The van der Waals surface area contributed by atoms with Gasteiger partial charge in [0.15, 0.2) is 0 Å². The Morgan fingerprint density at radius 1 is 1.44 bits per heavy atom. The highest BCUT2D eigenvalue weighted by molar-refractivity contribution is 6.13. The van der Waals surface area contributed by atoms with Gasteiger partial charge in [-0.05, 0) is 18.5 Å². The first kappa shape index (κ1) is 11.4. The van der Waals surface area contributed by atoms with Gasteiger partial charge >= 0.3 is 5.97 Å². The summed E-state index contributed by atoms with van der Waals surface area (Å²) >= 11 is 5.07. The molecule has 86 valence electrons. The molecule has 1 unspecified atom stereocenters. The molecule has 1 fully saturated rings. The van der Waals surface area contributed by atoms with Crippen LogP contribution in [0.2, 0.25) is 0 Å². The molecule has 1 aromatic carbocycles. The second-order valence-electron chi connectivity index (χ2n) is 4.10. The second-order valence-corrected chi connectivity index (χ2v) is 4.26. The number of carbonyl (C=O) groups excluding carboxylic acids is 1. The molecule has 1 atom stereocenters. The summed E-state index contributed by atoms with van der Waals surface area (Å²) in [6.45, 7) is 2.54. The maximum Gasteiger partial charge on any atom is 0.329 e. The third-order valence-electron chi connectivity index (χ3n) is 2.93. The molecule has 1 saturated heterocycles. The van der Waals surface area contributed by atoms with Crippen LogP contribution in [-0.4, -0.2) is 24.0 Å². The van der Waals surface area contributed by atoms with Gasteiger partial charge in [-0.3, -0.25) is 9.69 Å². The summed E-state index contributed by atoms with van der Waals surface area (Å²) in [4.78, 5) is 13.5. The Balaban J connectivity index is 1.88. The minimum Gasteiger partial charge on any atom is -0.347 e. The van der Waals surface area contributed by atoms with Gasteiger partial charge in [-0.15, -0.1) is 0 Å². The summed E-state index contributed by atoms with van der Waals surface area (Å²) in [7, 11) is 0. The van der Waals surface area contributed by atoms with Crippen LogP contribution in [0, 0.1) is 5.92 Å². The Morgan fingerprint density at radius 3 is 2.88 bits per heavy atom. The van der Waals surface area contributed by atoms with Crippen molar-refractivity contribution in [1.82, 2.24) is 4.90 Å². The highest BCUT2D eigenvalue weighted by Gasteiger charge is 2.29. The van der Waals surface area contributed by atoms with E-state index in [1.807, 2.05) is 18.2 Å². The molecule has 0 radical (unpaired) electrons. The number of carbonyl (C=O) groups is 1. The van der Waals surface area contributed by atoms with E-state index in [1.54, 1.807) is 0 Å². The third-order valence-corrected chi connectivity index (χ3v) is 3.08. The molecular formula is C12H14ClNO2. The van der Waals surface area contributed by atoms with Crippen molar-refractivity contribution in [3.8, 4) is 0 Å². The van der Waals surface area contributed by atoms with Gasteiger partial charge < -0.3 is 4.29 Å². The minimum absolute atomic E-state index is 0.0683. The van der Waals surface area contributed by atoms with Crippen molar-refractivity contribution in [3.63, 3.8) is 0 Å². The quantitative estimate of drug-likeness (QED) is 0.810. The molecule has 0 aromatic heterocycles. The van der Waals surface area contributed by atoms with Crippen LogP contribution >= 0.6 is 11.9 Å². The average molecular weight is 240 g/mol. The van der Waals surface area contributed by atoms with Crippen molar-refractivity contribution in [2.45, 2.75) is 13.0 Å². The summed E-state index contributed by atoms with van der Waals surface area (Å²) in [5.41, 5.74) is 1.27. The van der Waals surface area contributed by atoms with Gasteiger partial charge in [0.25, 0.3) is 0 Å². The number of nitrogens with zero attached hydrogens (tertiary/aromatic N) is 1. The summed E-state index contributed by atoms with van der Waals surface area (Å²) in [6, 6.07) is 10.2. The molecule has 0 spiro atoms. The summed E-state index contributed by atoms with van der Waals surface area (Å²) in [5, 5.41) is 0. The van der Waals surface area contributed by atoms with Crippen molar-refractivity contribution >= 4 is 17.8 Å². The topological polar surface area (TPSA) is 29.5 Å². The lowest BCUT2D eigenvalue weighted by Crippen LogP contribution is -2.23. The SMILES string of the molecule is O=C(OCl)C1CCN(Cc2ccccc2)C1. The van der Waals surface area contributed by atoms with Gasteiger partial charge in [-0.1, -0.05) is 30.3 Å². The summed E-state index contributed by atoms with van der Waals surface area (Å²) in [6.07, 6.45) is 0.832. The predicted molar refractivity (Wildman–Crippen MR) is 61.8 cm³/mol. The molecule has 0 N–H and O–H groups in total. The molecule has 1 aliphatic rings. The molecule has 3 nitrogen and oxygen atoms in total. The first-order valence-corrected chi connectivity index (χ1v) is 5.69. The van der Waals surface area contributed by atoms with Gasteiger partial charge in [0.1, 0.15) is 11.9 Å². The van der Waals surface area contributed by atoms with Crippen molar-refractivity contribution < 1.29 is 9.08 Å². The smallest absolute Gasteiger partial charge is 0.329 e. The number of likely N-dealkylation sites (tertiary alicyclic amines) is 1. The monoisotopic (exact) mass is 239 g/mol. The van der Waals surface area contributed by atoms with Gasteiger partial charge in [-0.25, -0.2) is 0 Å². The highest BCUT2D eigenvalue weighted by atomic mass is 35.5. The van der Waals surface area contributed by atoms with E-state index in [4.69, 9.17) is 11.9 Å². The third kappa shape index (κ3) is 2.74. The second kappa shape index (κ2) is 5.32. The fourth-order valence-electron chi connectivity index (χ4n) is 2.07. The van der Waals surface area contributed by atoms with Crippen LogP contribution in [0.4, 0.5) is 0 Å². The van der Waals surface area contributed by atoms with Crippen LogP contribution in [0.25, 0.3) is 0 Å². The Morgan fingerprint density at radius 2 is 2.19 bits per heavy atom. The summed E-state index contributed by atoms with van der Waals surface area (Å²) < 4.78 is 4.24. The molecule has 0 bridgehead atoms. The molecule has 0 aliphatic carbocycles. The van der Waals surface area contributed by atoms with Crippen LogP contribution in [0.5, 0.6) is 0 Å². The van der Waals surface area contributed by atoms with Crippen molar-refractivity contribution in [1.29, 1.82) is 0 Å². The number of hydrogen-bond acceptors (Lipinski definition) is 3. The molecule has 1 aliphatic heterocycles. The molecule has 0 amide bonds. The number of rotatable bonds is 3. The Bertz CT molecular complexity index is 355. The lowest BCUT2D eigenvalue weighted by molar-refractivity contribution is -0.138. The van der Waals surface area contributed by atoms with Crippen LogP contribution in [0.3, 0.4) is 0 Å². The molecule has 1 aromatic rings. The standard InChI is InChI=1S/C12H14ClNO2/c13-16-12(15)11-6-7-14(9-11)8-10-4-2-1-3-5-10/h1-5,11H,6-9H2. The zero-order valence-corrected chi connectivity index (χ0v) is 9.69. The van der Waals surface area contributed by atoms with Gasteiger partial charge in [0.05, 0.1) is 5.92 Å². The van der Waals surface area contributed by atoms with E-state index in [9.17, 15) is 4.79 Å². The molecule has 16 heavy (non-hydrogen) atoms. The van der Waals surface area contributed by atoms with Crippen LogP contribution in [0.1, 0.15) is 12.0 Å². The van der Waals surface area contributed by atoms with E-state index in [-0.39, 0.29) is 11.9 Å². The van der Waals surface area contributed by atoms with E-state index in [1.165, 1.54) is 5.56 Å². The predicted octanol–water partition coefficient (Wildman–Crippen LogP) is 2.21. The molecule has 2 rings (SSSR count). The highest BCUT2D eigenvalue weighted by Crippen LogP contribution is 2.20. The van der Waals surface area contributed by atoms with E-state index in [2.05, 4.69) is 21.3 Å². The first-order valence-electron chi connectivity index (χ1n) is 5.38. The largest absolute Gasteiger partial charge is 0.347 e. The lowest BCUT2D eigenvalue weighted by Gasteiger charge is -2.14. The van der Waals surface area contributed by atoms with Crippen LogP contribution < -0.4 is 0 Å². The Kier molecular flexibility index (Phi) is 3.80. The van der Waals surface area contributed by atoms with Crippen LogP contribution in [-0.2, 0) is 15.6 Å². The van der Waals surface area contributed by atoms with E-state index >= 15 is 0 Å². The van der Waals surface area contributed by atoms with Crippen molar-refractivity contribution in [2.75, 3.05) is 13.1 Å². The van der Waals surface area contributed by atoms with E-state index in [0.29, 0.717) is 0 Å². The molecule has 0 saturated carbocycles. The number of hydrogen-bond donors (Lipinski definition) is 0. The van der Waals surface area contributed by atoms with E-state index < -0.39 is 0 Å². The first-order chi connectivity index (χ1) is 7.79. The van der Waals surface area contributed by atoms with Crippen molar-refractivity contribution in [3.05, 3.63) is 35.9 Å². The molecule has 1 heterocycles. The Hall–Kier alpha value is -1.06. The van der Waals surface area contributed by atoms with E-state index in [0.717, 1.165) is 26.1 Å². The minimum atomic E-state index is -0.308. The summed E-state index contributed by atoms with van der Waals surface area (Å²) in [5.74, 6) is -0.376. The Labute approximate surface area is 100 Å². The number of benzene rings is 1. The normalized spacial score (nSPS) is 20.9. The van der Waals surface area contributed by atoms with Gasteiger partial charge in [0, 0.05) is 13.1 Å². The van der Waals surface area contributed by atoms with Crippen LogP contribution in [0.15, 0.2) is 30.3 Å². The maximum atomic E-state index is 11.2. The maximum absolute atomic E-state index is 11.2. The zero-order chi connectivity index (χ0) is 11.4. The van der Waals surface area contributed by atoms with Gasteiger partial charge in [0.2, 0.25) is 0 Å². The lowest BCUT2D eigenvalue weighted by atomic mass is 10.1. The molecule has 4 heteroatoms. The zero-order valence-electron chi connectivity index (χ0n) is 8.93. The van der Waals surface area contributed by atoms with Crippen molar-refractivity contribution in [2.24, 2.45) is 5.92 Å². The fraction of sp³-hybridized carbons (Fsp3) is 0.417. The number of halogens is 1. The molecular weight excluding hydrogens is 226 g/mol.